The summed E-state index contributed by atoms with van der Waals surface area (Å²) in [6, 6.07) is 5.47. The molecule has 0 amide bonds. The number of hydrogen-bond acceptors (Lipinski definition) is 2. The van der Waals surface area contributed by atoms with Crippen molar-refractivity contribution in [2.24, 2.45) is 0 Å². The van der Waals surface area contributed by atoms with Crippen LogP contribution in [0.5, 0.6) is 0 Å². The van der Waals surface area contributed by atoms with E-state index >= 15 is 0 Å². The molecule has 0 aromatic heterocycles. The van der Waals surface area contributed by atoms with Gasteiger partial charge in [-0.3, -0.25) is 0 Å². The lowest BCUT2D eigenvalue weighted by molar-refractivity contribution is 0.506. The Balaban J connectivity index is 2.77. The Hall–Kier alpha value is -1.08. The highest BCUT2D eigenvalue weighted by Crippen LogP contribution is 2.19. The summed E-state index contributed by atoms with van der Waals surface area (Å²) in [5.74, 6) is -1.50. The number of halogens is 2. The molecule has 62 valence electrons. The van der Waals surface area contributed by atoms with Gasteiger partial charge in [0.05, 0.1) is 11.8 Å². The Kier molecular flexibility index (Phi) is 3.06. The molecule has 0 N–H and O–H groups in total. The van der Waals surface area contributed by atoms with E-state index in [1.54, 1.807) is 0 Å². The van der Waals surface area contributed by atoms with E-state index in [0.717, 1.165) is 12.1 Å². The lowest BCUT2D eigenvalue weighted by Gasteiger charge is -1.96. The van der Waals surface area contributed by atoms with Gasteiger partial charge in [-0.15, -0.1) is 11.8 Å². The second-order valence-electron chi connectivity index (χ2n) is 2.02. The molecule has 1 nitrogen and oxygen atoms in total. The van der Waals surface area contributed by atoms with Crippen LogP contribution in [-0.2, 0) is 0 Å². The van der Waals surface area contributed by atoms with E-state index in [4.69, 9.17) is 5.26 Å². The monoisotopic (exact) mass is 185 g/mol. The van der Waals surface area contributed by atoms with Gasteiger partial charge in [0.1, 0.15) is 0 Å². The average molecular weight is 185 g/mol. The SMILES string of the molecule is N#CCSc1ccc(F)c(F)c1. The number of nitriles is 1. The molecule has 0 fully saturated rings. The van der Waals surface area contributed by atoms with Crippen LogP contribution in [0, 0.1) is 23.0 Å². The van der Waals surface area contributed by atoms with Gasteiger partial charge in [0.15, 0.2) is 11.6 Å². The molecule has 0 bridgehead atoms. The first kappa shape index (κ1) is 9.01. The van der Waals surface area contributed by atoms with Crippen molar-refractivity contribution in [2.75, 3.05) is 5.75 Å². The third kappa shape index (κ3) is 2.21. The summed E-state index contributed by atoms with van der Waals surface area (Å²) in [6.45, 7) is 0. The predicted octanol–water partition coefficient (Wildman–Crippen LogP) is 2.58. The minimum atomic E-state index is -0.877. The van der Waals surface area contributed by atoms with Crippen LogP contribution >= 0.6 is 11.8 Å². The number of nitrogens with zero attached hydrogens (tertiary/aromatic N) is 1. The van der Waals surface area contributed by atoms with E-state index in [1.165, 1.54) is 17.8 Å². The number of rotatable bonds is 2. The fourth-order valence-electron chi connectivity index (χ4n) is 0.682. The zero-order valence-corrected chi connectivity index (χ0v) is 6.87. The van der Waals surface area contributed by atoms with E-state index < -0.39 is 11.6 Å². The molecule has 0 saturated carbocycles. The molecule has 0 aliphatic rings. The van der Waals surface area contributed by atoms with Crippen molar-refractivity contribution in [1.29, 1.82) is 5.26 Å². The van der Waals surface area contributed by atoms with Gasteiger partial charge < -0.3 is 0 Å². The van der Waals surface area contributed by atoms with Crippen molar-refractivity contribution >= 4 is 11.8 Å². The van der Waals surface area contributed by atoms with Gasteiger partial charge in [0.25, 0.3) is 0 Å². The molecule has 0 atom stereocenters. The van der Waals surface area contributed by atoms with E-state index in [-0.39, 0.29) is 5.75 Å². The molecule has 0 heterocycles. The number of benzene rings is 1. The number of hydrogen-bond donors (Lipinski definition) is 0. The zero-order chi connectivity index (χ0) is 8.97. The molecule has 12 heavy (non-hydrogen) atoms. The Bertz CT molecular complexity index is 319. The minimum Gasteiger partial charge on any atom is -0.204 e. The lowest BCUT2D eigenvalue weighted by atomic mass is 10.3. The Morgan fingerprint density at radius 2 is 2.08 bits per heavy atom. The molecule has 0 aliphatic heterocycles. The van der Waals surface area contributed by atoms with Crippen LogP contribution in [0.1, 0.15) is 0 Å². The Labute approximate surface area is 73.0 Å². The molecule has 0 spiro atoms. The molecular weight excluding hydrogens is 180 g/mol. The maximum absolute atomic E-state index is 12.5. The predicted molar refractivity (Wildman–Crippen MR) is 42.7 cm³/mol. The van der Waals surface area contributed by atoms with Crippen molar-refractivity contribution in [2.45, 2.75) is 4.90 Å². The van der Waals surface area contributed by atoms with Gasteiger partial charge >= 0.3 is 0 Å². The Morgan fingerprint density at radius 3 is 2.67 bits per heavy atom. The van der Waals surface area contributed by atoms with E-state index in [0.29, 0.717) is 4.90 Å². The third-order valence-electron chi connectivity index (χ3n) is 1.19. The average Bonchev–Trinajstić information content (AvgIpc) is 2.07. The summed E-state index contributed by atoms with van der Waals surface area (Å²) in [5.41, 5.74) is 0. The van der Waals surface area contributed by atoms with Gasteiger partial charge in [0, 0.05) is 4.90 Å². The van der Waals surface area contributed by atoms with Crippen molar-refractivity contribution < 1.29 is 8.78 Å². The van der Waals surface area contributed by atoms with Crippen molar-refractivity contribution in [3.05, 3.63) is 29.8 Å². The van der Waals surface area contributed by atoms with E-state index in [1.807, 2.05) is 6.07 Å². The quantitative estimate of drug-likeness (QED) is 0.661. The van der Waals surface area contributed by atoms with Gasteiger partial charge in [0.2, 0.25) is 0 Å². The highest BCUT2D eigenvalue weighted by molar-refractivity contribution is 7.99. The molecule has 1 rings (SSSR count). The van der Waals surface area contributed by atoms with Crippen LogP contribution in [0.15, 0.2) is 23.1 Å². The molecule has 0 unspecified atom stereocenters. The van der Waals surface area contributed by atoms with Crippen LogP contribution < -0.4 is 0 Å². The van der Waals surface area contributed by atoms with Gasteiger partial charge in [-0.2, -0.15) is 5.26 Å². The first-order chi connectivity index (χ1) is 5.74. The summed E-state index contributed by atoms with van der Waals surface area (Å²) >= 11 is 1.18. The van der Waals surface area contributed by atoms with Crippen molar-refractivity contribution in [3.8, 4) is 6.07 Å². The highest BCUT2D eigenvalue weighted by atomic mass is 32.2. The van der Waals surface area contributed by atoms with E-state index in [2.05, 4.69) is 0 Å². The second-order valence-corrected chi connectivity index (χ2v) is 3.07. The molecule has 1 aromatic carbocycles. The summed E-state index contributed by atoms with van der Waals surface area (Å²) in [4.78, 5) is 0.565. The fraction of sp³-hybridized carbons (Fsp3) is 0.125. The van der Waals surface area contributed by atoms with Crippen LogP contribution in [0.4, 0.5) is 8.78 Å². The first-order valence-corrected chi connectivity index (χ1v) is 4.17. The highest BCUT2D eigenvalue weighted by Gasteiger charge is 2.01. The van der Waals surface area contributed by atoms with E-state index in [9.17, 15) is 8.78 Å². The molecule has 0 saturated heterocycles. The van der Waals surface area contributed by atoms with Crippen molar-refractivity contribution in [3.63, 3.8) is 0 Å². The number of thioether (sulfide) groups is 1. The van der Waals surface area contributed by atoms with Crippen LogP contribution in [-0.4, -0.2) is 5.75 Å². The van der Waals surface area contributed by atoms with Crippen LogP contribution in [0.3, 0.4) is 0 Å². The smallest absolute Gasteiger partial charge is 0.159 e. The standard InChI is InChI=1S/C8H5F2NS/c9-7-2-1-6(5-8(7)10)12-4-3-11/h1-2,5H,4H2. The second kappa shape index (κ2) is 4.07. The fourth-order valence-corrected chi connectivity index (χ4v) is 1.26. The van der Waals surface area contributed by atoms with Gasteiger partial charge in [-0.05, 0) is 18.2 Å². The largest absolute Gasteiger partial charge is 0.204 e. The molecular formula is C8H5F2NS. The molecule has 1 aromatic rings. The molecule has 0 radical (unpaired) electrons. The summed E-state index contributed by atoms with van der Waals surface area (Å²) in [6.07, 6.45) is 0. The Morgan fingerprint density at radius 1 is 1.33 bits per heavy atom. The maximum atomic E-state index is 12.5. The van der Waals surface area contributed by atoms with Crippen LogP contribution in [0.25, 0.3) is 0 Å². The summed E-state index contributed by atoms with van der Waals surface area (Å²) in [7, 11) is 0. The van der Waals surface area contributed by atoms with Crippen LogP contribution in [0.2, 0.25) is 0 Å². The first-order valence-electron chi connectivity index (χ1n) is 3.19. The van der Waals surface area contributed by atoms with Gasteiger partial charge in [-0.25, -0.2) is 8.78 Å². The topological polar surface area (TPSA) is 23.8 Å². The van der Waals surface area contributed by atoms with Gasteiger partial charge in [-0.1, -0.05) is 0 Å². The summed E-state index contributed by atoms with van der Waals surface area (Å²) < 4.78 is 24.9. The molecule has 0 aliphatic carbocycles. The summed E-state index contributed by atoms with van der Waals surface area (Å²) in [5, 5.41) is 8.21. The maximum Gasteiger partial charge on any atom is 0.159 e. The van der Waals surface area contributed by atoms with Crippen molar-refractivity contribution in [1.82, 2.24) is 0 Å². The minimum absolute atomic E-state index is 0.241. The third-order valence-corrected chi connectivity index (χ3v) is 2.06. The molecule has 4 heteroatoms. The lowest BCUT2D eigenvalue weighted by Crippen LogP contribution is -1.83. The zero-order valence-electron chi connectivity index (χ0n) is 6.05. The normalized spacial score (nSPS) is 9.42.